The summed E-state index contributed by atoms with van der Waals surface area (Å²) < 4.78 is 5.61. The lowest BCUT2D eigenvalue weighted by Crippen LogP contribution is -2.30. The van der Waals surface area contributed by atoms with Gasteiger partial charge in [-0.25, -0.2) is 0 Å². The van der Waals surface area contributed by atoms with E-state index in [4.69, 9.17) is 4.74 Å². The molecule has 1 aromatic heterocycles. The van der Waals surface area contributed by atoms with Gasteiger partial charge in [-0.3, -0.25) is 14.6 Å². The molecule has 30 heavy (non-hydrogen) atoms. The van der Waals surface area contributed by atoms with Crippen molar-refractivity contribution in [2.24, 2.45) is 5.92 Å². The Hall–Kier alpha value is -3.15. The Labute approximate surface area is 178 Å². The molecule has 2 aromatic rings. The van der Waals surface area contributed by atoms with Gasteiger partial charge in [0.05, 0.1) is 5.92 Å². The Kier molecular flexibility index (Phi) is 7.22. The number of nitrogens with zero attached hydrogens (tertiary/aromatic N) is 2. The molecule has 0 bridgehead atoms. The smallest absolute Gasteiger partial charge is 0.318 e. The van der Waals surface area contributed by atoms with Gasteiger partial charge in [-0.1, -0.05) is 25.1 Å². The van der Waals surface area contributed by atoms with Crippen LogP contribution in [0.25, 0.3) is 0 Å². The number of fused-ring (bicyclic) bond motifs is 1. The SMILES string of the molecule is CCN(CC)c1ccc2c(c1)OC(=O)C(/C=C/C(=O)NCCc1ccccn1)C2C. The van der Waals surface area contributed by atoms with Crippen molar-refractivity contribution in [1.82, 2.24) is 10.3 Å². The summed E-state index contributed by atoms with van der Waals surface area (Å²) in [6.07, 6.45) is 5.46. The summed E-state index contributed by atoms with van der Waals surface area (Å²) in [6.45, 7) is 8.45. The van der Waals surface area contributed by atoms with Gasteiger partial charge in [0.25, 0.3) is 0 Å². The third-order valence-corrected chi connectivity index (χ3v) is 5.50. The molecule has 1 aliphatic heterocycles. The average molecular weight is 408 g/mol. The summed E-state index contributed by atoms with van der Waals surface area (Å²) in [7, 11) is 0. The number of hydrogen-bond donors (Lipinski definition) is 1. The predicted molar refractivity (Wildman–Crippen MR) is 118 cm³/mol. The summed E-state index contributed by atoms with van der Waals surface area (Å²) in [4.78, 5) is 31.2. The van der Waals surface area contributed by atoms with Crippen molar-refractivity contribution in [3.05, 3.63) is 66.0 Å². The van der Waals surface area contributed by atoms with E-state index in [9.17, 15) is 9.59 Å². The summed E-state index contributed by atoms with van der Waals surface area (Å²) in [5.74, 6) is -0.498. The zero-order valence-electron chi connectivity index (χ0n) is 17.8. The zero-order valence-corrected chi connectivity index (χ0v) is 17.8. The van der Waals surface area contributed by atoms with Gasteiger partial charge < -0.3 is 15.0 Å². The van der Waals surface area contributed by atoms with Crippen LogP contribution in [0.1, 0.15) is 37.9 Å². The van der Waals surface area contributed by atoms with Crippen LogP contribution in [0.4, 0.5) is 5.69 Å². The van der Waals surface area contributed by atoms with Crippen LogP contribution in [-0.4, -0.2) is 36.5 Å². The number of nitrogens with one attached hydrogen (secondary N) is 1. The molecule has 0 radical (unpaired) electrons. The molecule has 1 aromatic carbocycles. The minimum absolute atomic E-state index is 0.0652. The van der Waals surface area contributed by atoms with E-state index in [1.807, 2.05) is 37.3 Å². The monoisotopic (exact) mass is 407 g/mol. The van der Waals surface area contributed by atoms with Gasteiger partial charge in [0.1, 0.15) is 5.75 Å². The minimum Gasteiger partial charge on any atom is -0.426 e. The average Bonchev–Trinajstić information content (AvgIpc) is 2.75. The fourth-order valence-electron chi connectivity index (χ4n) is 3.70. The molecule has 1 amide bonds. The maximum Gasteiger partial charge on any atom is 0.318 e. The molecule has 2 heterocycles. The Morgan fingerprint density at radius 2 is 2.03 bits per heavy atom. The van der Waals surface area contributed by atoms with Crippen LogP contribution < -0.4 is 15.0 Å². The van der Waals surface area contributed by atoms with Crippen LogP contribution in [-0.2, 0) is 16.0 Å². The number of hydrogen-bond acceptors (Lipinski definition) is 5. The maximum absolute atomic E-state index is 12.6. The molecule has 0 spiro atoms. The van der Waals surface area contributed by atoms with Crippen LogP contribution in [0, 0.1) is 5.92 Å². The van der Waals surface area contributed by atoms with Gasteiger partial charge in [-0.2, -0.15) is 0 Å². The first-order valence-electron chi connectivity index (χ1n) is 10.5. The Morgan fingerprint density at radius 3 is 2.73 bits per heavy atom. The summed E-state index contributed by atoms with van der Waals surface area (Å²) >= 11 is 0. The Balaban J connectivity index is 1.62. The van der Waals surface area contributed by atoms with Crippen molar-refractivity contribution < 1.29 is 14.3 Å². The molecule has 1 N–H and O–H groups in total. The molecule has 3 rings (SSSR count). The highest BCUT2D eigenvalue weighted by atomic mass is 16.5. The van der Waals surface area contributed by atoms with Crippen molar-refractivity contribution in [1.29, 1.82) is 0 Å². The van der Waals surface area contributed by atoms with Crippen LogP contribution in [0.15, 0.2) is 54.7 Å². The second-order valence-electron chi connectivity index (χ2n) is 7.35. The third kappa shape index (κ3) is 5.06. The maximum atomic E-state index is 12.6. The van der Waals surface area contributed by atoms with Crippen molar-refractivity contribution in [2.75, 3.05) is 24.5 Å². The van der Waals surface area contributed by atoms with Gasteiger partial charge in [-0.15, -0.1) is 0 Å². The van der Waals surface area contributed by atoms with Gasteiger partial charge in [-0.05, 0) is 43.7 Å². The van der Waals surface area contributed by atoms with Crippen molar-refractivity contribution >= 4 is 17.6 Å². The molecule has 0 fully saturated rings. The number of anilines is 1. The van der Waals surface area contributed by atoms with Crippen molar-refractivity contribution in [2.45, 2.75) is 33.1 Å². The lowest BCUT2D eigenvalue weighted by atomic mass is 9.84. The number of amides is 1. The zero-order chi connectivity index (χ0) is 21.5. The highest BCUT2D eigenvalue weighted by Crippen LogP contribution is 2.40. The molecular formula is C24H29N3O3. The molecule has 0 saturated carbocycles. The van der Waals surface area contributed by atoms with E-state index in [2.05, 4.69) is 35.1 Å². The van der Waals surface area contributed by atoms with Gasteiger partial charge in [0, 0.05) is 55.6 Å². The fraction of sp³-hybridized carbons (Fsp3) is 0.375. The number of rotatable bonds is 8. The molecule has 0 aliphatic carbocycles. The van der Waals surface area contributed by atoms with Crippen molar-refractivity contribution in [3.8, 4) is 5.75 Å². The molecule has 6 nitrogen and oxygen atoms in total. The van der Waals surface area contributed by atoms with Crippen molar-refractivity contribution in [3.63, 3.8) is 0 Å². The first kappa shape index (κ1) is 21.6. The van der Waals surface area contributed by atoms with Crippen LogP contribution in [0.5, 0.6) is 5.75 Å². The number of pyridine rings is 1. The normalized spacial score (nSPS) is 18.0. The molecule has 1 aliphatic rings. The quantitative estimate of drug-likeness (QED) is 0.412. The fourth-order valence-corrected chi connectivity index (χ4v) is 3.70. The number of benzene rings is 1. The van der Waals surface area contributed by atoms with Crippen LogP contribution >= 0.6 is 0 Å². The lowest BCUT2D eigenvalue weighted by molar-refractivity contribution is -0.139. The van der Waals surface area contributed by atoms with E-state index in [-0.39, 0.29) is 17.8 Å². The Morgan fingerprint density at radius 1 is 1.23 bits per heavy atom. The van der Waals surface area contributed by atoms with E-state index >= 15 is 0 Å². The molecule has 2 atom stereocenters. The standard InChI is InChI=1S/C24H29N3O3/c1-4-27(5-2)19-9-10-20-17(3)21(24(29)30-22(20)16-19)11-12-23(28)26-15-13-18-8-6-7-14-25-18/h6-12,14,16-17,21H,4-5,13,15H2,1-3H3,(H,26,28)/b12-11+. The molecule has 2 unspecified atom stereocenters. The highest BCUT2D eigenvalue weighted by molar-refractivity contribution is 5.89. The van der Waals surface area contributed by atoms with E-state index in [0.29, 0.717) is 18.7 Å². The first-order chi connectivity index (χ1) is 14.5. The van der Waals surface area contributed by atoms with Gasteiger partial charge in [0.15, 0.2) is 0 Å². The molecule has 158 valence electrons. The van der Waals surface area contributed by atoms with E-state index < -0.39 is 5.92 Å². The molecule has 0 saturated heterocycles. The number of carbonyl (C=O) groups excluding carboxylic acids is 2. The second kappa shape index (κ2) is 10.1. The number of esters is 1. The second-order valence-corrected chi connectivity index (χ2v) is 7.35. The first-order valence-corrected chi connectivity index (χ1v) is 10.5. The summed E-state index contributed by atoms with van der Waals surface area (Å²) in [5, 5.41) is 2.83. The summed E-state index contributed by atoms with van der Waals surface area (Å²) in [6, 6.07) is 11.7. The topological polar surface area (TPSA) is 71.5 Å². The van der Waals surface area contributed by atoms with Gasteiger partial charge >= 0.3 is 5.97 Å². The number of ether oxygens (including phenoxy) is 1. The van der Waals surface area contributed by atoms with E-state index in [1.165, 1.54) is 6.08 Å². The summed E-state index contributed by atoms with van der Waals surface area (Å²) in [5.41, 5.74) is 2.95. The van der Waals surface area contributed by atoms with E-state index in [1.54, 1.807) is 12.3 Å². The van der Waals surface area contributed by atoms with E-state index in [0.717, 1.165) is 30.0 Å². The third-order valence-electron chi connectivity index (χ3n) is 5.50. The van der Waals surface area contributed by atoms with Gasteiger partial charge in [0.2, 0.25) is 5.91 Å². The Bertz CT molecular complexity index is 907. The number of carbonyl (C=O) groups is 2. The van der Waals surface area contributed by atoms with Crippen LogP contribution in [0.2, 0.25) is 0 Å². The lowest BCUT2D eigenvalue weighted by Gasteiger charge is -2.29. The van der Waals surface area contributed by atoms with Crippen LogP contribution in [0.3, 0.4) is 0 Å². The molecule has 6 heteroatoms. The largest absolute Gasteiger partial charge is 0.426 e. The number of aromatic nitrogens is 1. The molecular weight excluding hydrogens is 378 g/mol. The predicted octanol–water partition coefficient (Wildman–Crippen LogP) is 3.48. The highest BCUT2D eigenvalue weighted by Gasteiger charge is 2.33. The minimum atomic E-state index is -0.488.